The highest BCUT2D eigenvalue weighted by atomic mass is 16.2. The number of aryl methyl sites for hydroxylation is 1. The summed E-state index contributed by atoms with van der Waals surface area (Å²) in [4.78, 5) is 31.4. The van der Waals surface area contributed by atoms with Gasteiger partial charge in [-0.1, -0.05) is 0 Å². The smallest absolute Gasteiger partial charge is 0.255 e. The van der Waals surface area contributed by atoms with Gasteiger partial charge in [-0.25, -0.2) is 9.97 Å². The van der Waals surface area contributed by atoms with E-state index in [-0.39, 0.29) is 11.8 Å². The summed E-state index contributed by atoms with van der Waals surface area (Å²) in [7, 11) is 0. The third-order valence-electron chi connectivity index (χ3n) is 6.52. The van der Waals surface area contributed by atoms with Crippen molar-refractivity contribution in [2.75, 3.05) is 31.1 Å². The molecule has 1 amide bonds. The molecule has 0 radical (unpaired) electrons. The number of piperidine rings is 1. The molecule has 0 aromatic carbocycles. The maximum Gasteiger partial charge on any atom is 0.255 e. The molecule has 0 spiro atoms. The molecule has 1 aliphatic carbocycles. The predicted molar refractivity (Wildman–Crippen MR) is 112 cm³/mol. The van der Waals surface area contributed by atoms with Crippen LogP contribution in [0.25, 0.3) is 0 Å². The fourth-order valence-corrected chi connectivity index (χ4v) is 4.73. The normalized spacial score (nSPS) is 21.8. The van der Waals surface area contributed by atoms with Crippen molar-refractivity contribution in [2.45, 2.75) is 51.4 Å². The SMILES string of the molecule is Cc1nc(C2CCCN(C(=O)c3cccnc3)C2)nc2c1CCCN2CC1CC1. The molecule has 2 aromatic rings. The van der Waals surface area contributed by atoms with E-state index < -0.39 is 0 Å². The predicted octanol–water partition coefficient (Wildman–Crippen LogP) is 3.36. The largest absolute Gasteiger partial charge is 0.356 e. The Morgan fingerprint density at radius 1 is 1.17 bits per heavy atom. The molecule has 2 aliphatic heterocycles. The van der Waals surface area contributed by atoms with Gasteiger partial charge < -0.3 is 9.80 Å². The van der Waals surface area contributed by atoms with Crippen LogP contribution in [0.5, 0.6) is 0 Å². The lowest BCUT2D eigenvalue weighted by atomic mass is 9.95. The minimum atomic E-state index is 0.0628. The first-order chi connectivity index (χ1) is 14.2. The minimum Gasteiger partial charge on any atom is -0.356 e. The van der Waals surface area contributed by atoms with Crippen LogP contribution in [0.1, 0.15) is 65.5 Å². The van der Waals surface area contributed by atoms with Gasteiger partial charge in [-0.15, -0.1) is 0 Å². The number of likely N-dealkylation sites (tertiary alicyclic amines) is 1. The number of hydrogen-bond acceptors (Lipinski definition) is 5. The standard InChI is InChI=1S/C23H29N5O/c1-16-20-7-4-11-27(14-17-8-9-17)22(20)26-21(25-16)19-6-3-12-28(15-19)23(29)18-5-2-10-24-13-18/h2,5,10,13,17,19H,3-4,6-9,11-12,14-15H2,1H3. The van der Waals surface area contributed by atoms with Gasteiger partial charge in [0.25, 0.3) is 5.91 Å². The van der Waals surface area contributed by atoms with Crippen molar-refractivity contribution < 1.29 is 4.79 Å². The molecule has 29 heavy (non-hydrogen) atoms. The molecule has 1 atom stereocenters. The van der Waals surface area contributed by atoms with Crippen LogP contribution < -0.4 is 4.90 Å². The van der Waals surface area contributed by atoms with Gasteiger partial charge in [0.2, 0.25) is 0 Å². The van der Waals surface area contributed by atoms with E-state index in [1.165, 1.54) is 30.6 Å². The van der Waals surface area contributed by atoms with E-state index in [4.69, 9.17) is 9.97 Å². The molecule has 2 fully saturated rings. The Balaban J connectivity index is 1.38. The number of pyridine rings is 1. The number of carbonyl (C=O) groups excluding carboxylic acids is 1. The molecule has 1 unspecified atom stereocenters. The number of aromatic nitrogens is 3. The van der Waals surface area contributed by atoms with Gasteiger partial charge in [-0.3, -0.25) is 9.78 Å². The van der Waals surface area contributed by atoms with Gasteiger partial charge in [0, 0.05) is 55.7 Å². The van der Waals surface area contributed by atoms with E-state index in [1.54, 1.807) is 12.4 Å². The summed E-state index contributed by atoms with van der Waals surface area (Å²) >= 11 is 0. The zero-order valence-electron chi connectivity index (χ0n) is 17.2. The van der Waals surface area contributed by atoms with Gasteiger partial charge in [0.1, 0.15) is 11.6 Å². The van der Waals surface area contributed by atoms with Crippen molar-refractivity contribution in [2.24, 2.45) is 5.92 Å². The van der Waals surface area contributed by atoms with Crippen LogP contribution in [0.3, 0.4) is 0 Å². The van der Waals surface area contributed by atoms with E-state index in [2.05, 4.69) is 16.8 Å². The quantitative estimate of drug-likeness (QED) is 0.800. The number of nitrogens with zero attached hydrogens (tertiary/aromatic N) is 5. The van der Waals surface area contributed by atoms with Crippen LogP contribution in [0.15, 0.2) is 24.5 Å². The summed E-state index contributed by atoms with van der Waals surface area (Å²) in [6.45, 7) is 5.86. The van der Waals surface area contributed by atoms with E-state index in [1.807, 2.05) is 17.0 Å². The van der Waals surface area contributed by atoms with E-state index in [9.17, 15) is 4.79 Å². The van der Waals surface area contributed by atoms with Crippen molar-refractivity contribution >= 4 is 11.7 Å². The lowest BCUT2D eigenvalue weighted by Gasteiger charge is -2.34. The fourth-order valence-electron chi connectivity index (χ4n) is 4.73. The summed E-state index contributed by atoms with van der Waals surface area (Å²) < 4.78 is 0. The number of anilines is 1. The lowest BCUT2D eigenvalue weighted by Crippen LogP contribution is -2.40. The average Bonchev–Trinajstić information content (AvgIpc) is 3.58. The summed E-state index contributed by atoms with van der Waals surface area (Å²) in [5.74, 6) is 3.21. The zero-order valence-corrected chi connectivity index (χ0v) is 17.2. The van der Waals surface area contributed by atoms with Gasteiger partial charge in [0.15, 0.2) is 0 Å². The number of amides is 1. The zero-order chi connectivity index (χ0) is 19.8. The van der Waals surface area contributed by atoms with Gasteiger partial charge in [-0.05, 0) is 63.5 Å². The van der Waals surface area contributed by atoms with Crippen molar-refractivity contribution in [3.8, 4) is 0 Å². The van der Waals surface area contributed by atoms with Crippen molar-refractivity contribution in [3.63, 3.8) is 0 Å². The molecular formula is C23H29N5O. The maximum atomic E-state index is 12.9. The Labute approximate surface area is 172 Å². The molecule has 0 bridgehead atoms. The second-order valence-electron chi connectivity index (χ2n) is 8.79. The van der Waals surface area contributed by atoms with Crippen LogP contribution in [-0.4, -0.2) is 51.9 Å². The Morgan fingerprint density at radius 2 is 2.07 bits per heavy atom. The molecular weight excluding hydrogens is 362 g/mol. The van der Waals surface area contributed by atoms with Crippen LogP contribution >= 0.6 is 0 Å². The van der Waals surface area contributed by atoms with E-state index in [0.29, 0.717) is 12.1 Å². The fraction of sp³-hybridized carbons (Fsp3) is 0.565. The van der Waals surface area contributed by atoms with Crippen LogP contribution in [0.2, 0.25) is 0 Å². The first-order valence-electron chi connectivity index (χ1n) is 11.0. The third kappa shape index (κ3) is 3.85. The number of hydrogen-bond donors (Lipinski definition) is 0. The summed E-state index contributed by atoms with van der Waals surface area (Å²) in [6, 6.07) is 3.66. The second-order valence-corrected chi connectivity index (χ2v) is 8.79. The van der Waals surface area contributed by atoms with Crippen molar-refractivity contribution in [1.29, 1.82) is 0 Å². The molecule has 6 heteroatoms. The van der Waals surface area contributed by atoms with Crippen LogP contribution in [0.4, 0.5) is 5.82 Å². The summed E-state index contributed by atoms with van der Waals surface area (Å²) in [5.41, 5.74) is 3.12. The van der Waals surface area contributed by atoms with Crippen LogP contribution in [-0.2, 0) is 6.42 Å². The Bertz CT molecular complexity index is 896. The minimum absolute atomic E-state index is 0.0628. The maximum absolute atomic E-state index is 12.9. The highest BCUT2D eigenvalue weighted by Crippen LogP contribution is 2.36. The Hall–Kier alpha value is -2.50. The molecule has 6 nitrogen and oxygen atoms in total. The molecule has 4 heterocycles. The first-order valence-corrected chi connectivity index (χ1v) is 11.0. The summed E-state index contributed by atoms with van der Waals surface area (Å²) in [5, 5.41) is 0. The van der Waals surface area contributed by atoms with E-state index in [0.717, 1.165) is 56.3 Å². The number of fused-ring (bicyclic) bond motifs is 1. The van der Waals surface area contributed by atoms with Crippen LogP contribution in [0, 0.1) is 12.8 Å². The molecule has 2 aromatic heterocycles. The Morgan fingerprint density at radius 3 is 2.86 bits per heavy atom. The van der Waals surface area contributed by atoms with Gasteiger partial charge in [-0.2, -0.15) is 0 Å². The second kappa shape index (κ2) is 7.73. The highest BCUT2D eigenvalue weighted by molar-refractivity contribution is 5.94. The third-order valence-corrected chi connectivity index (χ3v) is 6.52. The molecule has 3 aliphatic rings. The van der Waals surface area contributed by atoms with Crippen molar-refractivity contribution in [1.82, 2.24) is 19.9 Å². The van der Waals surface area contributed by atoms with Gasteiger partial charge >= 0.3 is 0 Å². The van der Waals surface area contributed by atoms with Gasteiger partial charge in [0.05, 0.1) is 5.56 Å². The molecule has 0 N–H and O–H groups in total. The Kier molecular flexibility index (Phi) is 4.94. The topological polar surface area (TPSA) is 62.2 Å². The first kappa shape index (κ1) is 18.5. The monoisotopic (exact) mass is 391 g/mol. The number of rotatable bonds is 4. The van der Waals surface area contributed by atoms with E-state index >= 15 is 0 Å². The lowest BCUT2D eigenvalue weighted by molar-refractivity contribution is 0.0704. The summed E-state index contributed by atoms with van der Waals surface area (Å²) in [6.07, 6.45) is 10.4. The molecule has 5 rings (SSSR count). The molecule has 1 saturated carbocycles. The average molecular weight is 392 g/mol. The highest BCUT2D eigenvalue weighted by Gasteiger charge is 2.32. The molecule has 1 saturated heterocycles. The molecule has 152 valence electrons. The van der Waals surface area contributed by atoms with Crippen molar-refractivity contribution in [3.05, 3.63) is 47.2 Å². The number of carbonyl (C=O) groups is 1.